The lowest BCUT2D eigenvalue weighted by Crippen LogP contribution is -2.25. The predicted octanol–water partition coefficient (Wildman–Crippen LogP) is 3.86. The van der Waals surface area contributed by atoms with E-state index < -0.39 is 0 Å². The number of nitrogens with one attached hydrogen (secondary N) is 1. The Morgan fingerprint density at radius 3 is 2.35 bits per heavy atom. The number of rotatable bonds is 13. The molecule has 0 saturated heterocycles. The van der Waals surface area contributed by atoms with Crippen LogP contribution in [0.4, 0.5) is 0 Å². The molecule has 0 heterocycles. The van der Waals surface area contributed by atoms with E-state index in [2.05, 4.69) is 26.1 Å². The SMILES string of the molecule is CCC(CCN)CCC(=O)NCCCCCCC(C)C. The van der Waals surface area contributed by atoms with Crippen molar-refractivity contribution in [1.82, 2.24) is 5.32 Å². The van der Waals surface area contributed by atoms with E-state index in [-0.39, 0.29) is 5.91 Å². The molecule has 120 valence electrons. The van der Waals surface area contributed by atoms with Gasteiger partial charge in [0.25, 0.3) is 0 Å². The first kappa shape index (κ1) is 19.4. The van der Waals surface area contributed by atoms with Crippen molar-refractivity contribution in [2.24, 2.45) is 17.6 Å². The van der Waals surface area contributed by atoms with Crippen molar-refractivity contribution >= 4 is 5.91 Å². The van der Waals surface area contributed by atoms with E-state index in [0.717, 1.165) is 44.7 Å². The highest BCUT2D eigenvalue weighted by Gasteiger charge is 2.08. The van der Waals surface area contributed by atoms with Crippen molar-refractivity contribution in [3.8, 4) is 0 Å². The van der Waals surface area contributed by atoms with Crippen molar-refractivity contribution in [2.75, 3.05) is 13.1 Å². The highest BCUT2D eigenvalue weighted by Crippen LogP contribution is 2.14. The Balaban J connectivity index is 3.40. The molecule has 1 unspecified atom stereocenters. The van der Waals surface area contributed by atoms with Crippen LogP contribution in [-0.2, 0) is 4.79 Å². The molecule has 20 heavy (non-hydrogen) atoms. The van der Waals surface area contributed by atoms with Gasteiger partial charge in [0.1, 0.15) is 0 Å². The van der Waals surface area contributed by atoms with Crippen LogP contribution in [0.5, 0.6) is 0 Å². The van der Waals surface area contributed by atoms with Crippen LogP contribution < -0.4 is 11.1 Å². The van der Waals surface area contributed by atoms with Gasteiger partial charge < -0.3 is 11.1 Å². The van der Waals surface area contributed by atoms with Crippen LogP contribution >= 0.6 is 0 Å². The maximum atomic E-state index is 11.7. The predicted molar refractivity (Wildman–Crippen MR) is 87.6 cm³/mol. The van der Waals surface area contributed by atoms with Crippen molar-refractivity contribution in [3.63, 3.8) is 0 Å². The van der Waals surface area contributed by atoms with Gasteiger partial charge in [0.2, 0.25) is 5.91 Å². The van der Waals surface area contributed by atoms with Crippen molar-refractivity contribution < 1.29 is 4.79 Å². The Bertz CT molecular complexity index is 229. The zero-order chi connectivity index (χ0) is 15.2. The summed E-state index contributed by atoms with van der Waals surface area (Å²) in [6.45, 7) is 8.29. The van der Waals surface area contributed by atoms with Crippen LogP contribution in [0.25, 0.3) is 0 Å². The summed E-state index contributed by atoms with van der Waals surface area (Å²) in [5.41, 5.74) is 5.57. The van der Waals surface area contributed by atoms with E-state index in [4.69, 9.17) is 5.73 Å². The van der Waals surface area contributed by atoms with Gasteiger partial charge in [-0.15, -0.1) is 0 Å². The van der Waals surface area contributed by atoms with Crippen LogP contribution in [-0.4, -0.2) is 19.0 Å². The van der Waals surface area contributed by atoms with Gasteiger partial charge in [-0.1, -0.05) is 52.9 Å². The lowest BCUT2D eigenvalue weighted by Gasteiger charge is -2.13. The molecule has 0 rings (SSSR count). The first-order valence-corrected chi connectivity index (χ1v) is 8.56. The Labute approximate surface area is 126 Å². The van der Waals surface area contributed by atoms with Crippen molar-refractivity contribution in [3.05, 3.63) is 0 Å². The fraction of sp³-hybridized carbons (Fsp3) is 0.941. The maximum Gasteiger partial charge on any atom is 0.220 e. The molecule has 0 aromatic heterocycles. The summed E-state index contributed by atoms with van der Waals surface area (Å²) in [4.78, 5) is 11.7. The molecule has 1 atom stereocenters. The molecule has 3 nitrogen and oxygen atoms in total. The van der Waals surface area contributed by atoms with Gasteiger partial charge in [-0.2, -0.15) is 0 Å². The summed E-state index contributed by atoms with van der Waals surface area (Å²) in [6, 6.07) is 0. The fourth-order valence-electron chi connectivity index (χ4n) is 2.47. The third kappa shape index (κ3) is 12.5. The van der Waals surface area contributed by atoms with Crippen LogP contribution in [0.1, 0.15) is 78.6 Å². The molecular formula is C17H36N2O. The zero-order valence-electron chi connectivity index (χ0n) is 13.9. The number of amides is 1. The van der Waals surface area contributed by atoms with Gasteiger partial charge >= 0.3 is 0 Å². The van der Waals surface area contributed by atoms with Crippen LogP contribution in [0.15, 0.2) is 0 Å². The Kier molecular flexibility index (Phi) is 13.0. The number of carbonyl (C=O) groups excluding carboxylic acids is 1. The van der Waals surface area contributed by atoms with Crippen molar-refractivity contribution in [2.45, 2.75) is 78.6 Å². The number of hydrogen-bond acceptors (Lipinski definition) is 2. The van der Waals surface area contributed by atoms with Gasteiger partial charge in [-0.05, 0) is 37.6 Å². The van der Waals surface area contributed by atoms with E-state index in [1.54, 1.807) is 0 Å². The van der Waals surface area contributed by atoms with E-state index >= 15 is 0 Å². The summed E-state index contributed by atoms with van der Waals surface area (Å²) in [7, 11) is 0. The highest BCUT2D eigenvalue weighted by atomic mass is 16.1. The summed E-state index contributed by atoms with van der Waals surface area (Å²) >= 11 is 0. The highest BCUT2D eigenvalue weighted by molar-refractivity contribution is 5.75. The van der Waals surface area contributed by atoms with E-state index in [1.807, 2.05) is 0 Å². The molecule has 0 aliphatic carbocycles. The lowest BCUT2D eigenvalue weighted by atomic mass is 9.96. The molecule has 1 amide bonds. The number of nitrogens with two attached hydrogens (primary N) is 1. The molecule has 0 spiro atoms. The number of hydrogen-bond donors (Lipinski definition) is 2. The van der Waals surface area contributed by atoms with Gasteiger partial charge in [0.05, 0.1) is 0 Å². The second-order valence-corrected chi connectivity index (χ2v) is 6.34. The third-order valence-corrected chi connectivity index (χ3v) is 3.96. The summed E-state index contributed by atoms with van der Waals surface area (Å²) in [5, 5.41) is 3.03. The largest absolute Gasteiger partial charge is 0.356 e. The molecule has 0 fully saturated rings. The third-order valence-electron chi connectivity index (χ3n) is 3.96. The molecule has 3 N–H and O–H groups in total. The molecule has 0 aliphatic rings. The maximum absolute atomic E-state index is 11.7. The molecule has 0 aliphatic heterocycles. The fourth-order valence-corrected chi connectivity index (χ4v) is 2.47. The average molecular weight is 284 g/mol. The molecule has 0 saturated carbocycles. The summed E-state index contributed by atoms with van der Waals surface area (Å²) < 4.78 is 0. The van der Waals surface area contributed by atoms with Gasteiger partial charge in [-0.25, -0.2) is 0 Å². The minimum Gasteiger partial charge on any atom is -0.356 e. The van der Waals surface area contributed by atoms with E-state index in [1.165, 1.54) is 25.7 Å². The number of unbranched alkanes of at least 4 members (excludes halogenated alkanes) is 3. The van der Waals surface area contributed by atoms with E-state index in [0.29, 0.717) is 12.3 Å². The van der Waals surface area contributed by atoms with Crippen molar-refractivity contribution in [1.29, 1.82) is 0 Å². The Morgan fingerprint density at radius 1 is 1.05 bits per heavy atom. The molecular weight excluding hydrogens is 248 g/mol. The minimum atomic E-state index is 0.211. The van der Waals surface area contributed by atoms with Crippen LogP contribution in [0, 0.1) is 11.8 Å². The molecule has 0 bridgehead atoms. The monoisotopic (exact) mass is 284 g/mol. The lowest BCUT2D eigenvalue weighted by molar-refractivity contribution is -0.121. The average Bonchev–Trinajstić information content (AvgIpc) is 2.42. The second-order valence-electron chi connectivity index (χ2n) is 6.34. The topological polar surface area (TPSA) is 55.1 Å². The van der Waals surface area contributed by atoms with Crippen LogP contribution in [0.3, 0.4) is 0 Å². The Hall–Kier alpha value is -0.570. The molecule has 0 aromatic carbocycles. The second kappa shape index (κ2) is 13.4. The number of carbonyl (C=O) groups is 1. The van der Waals surface area contributed by atoms with E-state index in [9.17, 15) is 4.79 Å². The first-order valence-electron chi connectivity index (χ1n) is 8.56. The minimum absolute atomic E-state index is 0.211. The Morgan fingerprint density at radius 2 is 1.75 bits per heavy atom. The standard InChI is InChI=1S/C17H36N2O/c1-4-16(12-13-18)10-11-17(20)19-14-8-6-5-7-9-15(2)3/h15-16H,4-14,18H2,1-3H3,(H,19,20). The molecule has 0 aromatic rings. The summed E-state index contributed by atoms with van der Waals surface area (Å²) in [5.74, 6) is 1.64. The molecule has 3 heteroatoms. The summed E-state index contributed by atoms with van der Waals surface area (Å²) in [6.07, 6.45) is 10.1. The van der Waals surface area contributed by atoms with Crippen LogP contribution in [0.2, 0.25) is 0 Å². The normalized spacial score (nSPS) is 12.7. The quantitative estimate of drug-likeness (QED) is 0.504. The van der Waals surface area contributed by atoms with Gasteiger partial charge in [0, 0.05) is 13.0 Å². The van der Waals surface area contributed by atoms with Gasteiger partial charge in [0.15, 0.2) is 0 Å². The first-order chi connectivity index (χ1) is 9.60. The smallest absolute Gasteiger partial charge is 0.220 e. The van der Waals surface area contributed by atoms with Gasteiger partial charge in [-0.3, -0.25) is 4.79 Å². The molecule has 0 radical (unpaired) electrons. The zero-order valence-corrected chi connectivity index (χ0v) is 13.9.